The maximum absolute atomic E-state index is 12.0. The third-order valence-electron chi connectivity index (χ3n) is 3.28. The Morgan fingerprint density at radius 1 is 1.14 bits per heavy atom. The molecule has 0 saturated carbocycles. The molecule has 0 aromatic heterocycles. The number of rotatable bonds is 3. The number of hydrogen-bond acceptors (Lipinski definition) is 5. The van der Waals surface area contributed by atoms with Crippen LogP contribution in [0, 0.1) is 5.92 Å². The lowest BCUT2D eigenvalue weighted by Crippen LogP contribution is -2.31. The summed E-state index contributed by atoms with van der Waals surface area (Å²) in [6.07, 6.45) is 2.88. The van der Waals surface area contributed by atoms with Crippen LogP contribution in [0.1, 0.15) is 11.5 Å². The first-order valence-electron chi connectivity index (χ1n) is 6.23. The molecule has 0 saturated heterocycles. The number of carbonyl (C=O) groups is 2. The average Bonchev–Trinajstić information content (AvgIpc) is 2.53. The van der Waals surface area contributed by atoms with Crippen LogP contribution in [0.2, 0.25) is 5.02 Å². The standard InChI is InChI=1S/C15H14ClNO4/c1-20-14(18)11-7-17-8-12(15(19)21-2)13(11)9-3-5-10(16)6-4-9/h3-8,11,13H,1-2H3/t11?,13-/m1/s1. The van der Waals surface area contributed by atoms with Gasteiger partial charge in [0, 0.05) is 23.4 Å². The summed E-state index contributed by atoms with van der Waals surface area (Å²) in [5, 5.41) is 0.571. The van der Waals surface area contributed by atoms with Gasteiger partial charge in [-0.15, -0.1) is 0 Å². The molecule has 0 N–H and O–H groups in total. The maximum Gasteiger partial charge on any atom is 0.335 e. The average molecular weight is 308 g/mol. The van der Waals surface area contributed by atoms with Crippen molar-refractivity contribution in [2.75, 3.05) is 14.2 Å². The first-order valence-corrected chi connectivity index (χ1v) is 6.61. The van der Waals surface area contributed by atoms with Gasteiger partial charge in [0.25, 0.3) is 0 Å². The predicted molar refractivity (Wildman–Crippen MR) is 78.3 cm³/mol. The Labute approximate surface area is 127 Å². The second-order valence-electron chi connectivity index (χ2n) is 4.45. The molecule has 5 nitrogen and oxygen atoms in total. The van der Waals surface area contributed by atoms with Gasteiger partial charge in [-0.1, -0.05) is 23.7 Å². The number of esters is 2. The Balaban J connectivity index is 2.47. The number of ether oxygens (including phenoxy) is 2. The van der Waals surface area contributed by atoms with Crippen molar-refractivity contribution >= 4 is 29.8 Å². The van der Waals surface area contributed by atoms with E-state index in [-0.39, 0.29) is 0 Å². The van der Waals surface area contributed by atoms with Crippen LogP contribution in [0.3, 0.4) is 0 Å². The maximum atomic E-state index is 12.0. The normalized spacial score (nSPS) is 20.6. The van der Waals surface area contributed by atoms with Crippen LogP contribution in [-0.4, -0.2) is 32.4 Å². The molecule has 1 heterocycles. The molecule has 1 aliphatic rings. The van der Waals surface area contributed by atoms with Gasteiger partial charge in [0.1, 0.15) is 5.92 Å². The molecule has 1 aromatic carbocycles. The predicted octanol–water partition coefficient (Wildman–Crippen LogP) is 2.35. The molecule has 6 heteroatoms. The number of hydrogen-bond donors (Lipinski definition) is 0. The zero-order valence-electron chi connectivity index (χ0n) is 11.6. The molecule has 1 aliphatic heterocycles. The topological polar surface area (TPSA) is 65.0 Å². The summed E-state index contributed by atoms with van der Waals surface area (Å²) in [7, 11) is 2.58. The van der Waals surface area contributed by atoms with E-state index in [1.54, 1.807) is 24.3 Å². The minimum atomic E-state index is -0.685. The third kappa shape index (κ3) is 3.13. The van der Waals surface area contributed by atoms with E-state index in [4.69, 9.17) is 21.1 Å². The highest BCUT2D eigenvalue weighted by atomic mass is 35.5. The molecule has 0 spiro atoms. The Hall–Kier alpha value is -2.14. The minimum Gasteiger partial charge on any atom is -0.468 e. The molecule has 2 rings (SSSR count). The lowest BCUT2D eigenvalue weighted by Gasteiger charge is -2.26. The number of aliphatic imine (C=N–C) groups is 1. The van der Waals surface area contributed by atoms with E-state index < -0.39 is 23.8 Å². The van der Waals surface area contributed by atoms with Gasteiger partial charge in [0.05, 0.1) is 19.8 Å². The summed E-state index contributed by atoms with van der Waals surface area (Å²) >= 11 is 5.88. The molecule has 0 aliphatic carbocycles. The molecule has 0 bridgehead atoms. The molecule has 1 aromatic rings. The third-order valence-corrected chi connectivity index (χ3v) is 3.53. The summed E-state index contributed by atoms with van der Waals surface area (Å²) in [4.78, 5) is 27.8. The van der Waals surface area contributed by atoms with E-state index in [1.165, 1.54) is 26.6 Å². The number of methoxy groups -OCH3 is 2. The lowest BCUT2D eigenvalue weighted by atomic mass is 9.80. The summed E-state index contributed by atoms with van der Waals surface area (Å²) in [6, 6.07) is 6.93. The van der Waals surface area contributed by atoms with Crippen molar-refractivity contribution in [2.24, 2.45) is 10.9 Å². The van der Waals surface area contributed by atoms with Crippen molar-refractivity contribution in [3.8, 4) is 0 Å². The summed E-state index contributed by atoms with van der Waals surface area (Å²) in [5.74, 6) is -2.19. The Bertz CT molecular complexity index is 607. The van der Waals surface area contributed by atoms with E-state index in [0.29, 0.717) is 10.6 Å². The van der Waals surface area contributed by atoms with Crippen molar-refractivity contribution in [3.63, 3.8) is 0 Å². The van der Waals surface area contributed by atoms with Crippen molar-refractivity contribution in [1.82, 2.24) is 0 Å². The van der Waals surface area contributed by atoms with Gasteiger partial charge in [-0.3, -0.25) is 9.79 Å². The fourth-order valence-corrected chi connectivity index (χ4v) is 2.39. The molecule has 21 heavy (non-hydrogen) atoms. The fourth-order valence-electron chi connectivity index (χ4n) is 2.26. The summed E-state index contributed by atoms with van der Waals surface area (Å²) in [5.41, 5.74) is 1.07. The Kier molecular flexibility index (Phi) is 4.75. The first kappa shape index (κ1) is 15.3. The van der Waals surface area contributed by atoms with Gasteiger partial charge in [0.15, 0.2) is 0 Å². The number of carbonyl (C=O) groups excluding carboxylic acids is 2. The van der Waals surface area contributed by atoms with Crippen molar-refractivity contribution in [3.05, 3.63) is 46.6 Å². The van der Waals surface area contributed by atoms with E-state index in [1.807, 2.05) is 0 Å². The van der Waals surface area contributed by atoms with Crippen LogP contribution in [0.5, 0.6) is 0 Å². The van der Waals surface area contributed by atoms with E-state index in [0.717, 1.165) is 5.56 Å². The van der Waals surface area contributed by atoms with Crippen LogP contribution in [0.15, 0.2) is 41.0 Å². The summed E-state index contributed by atoms with van der Waals surface area (Å²) < 4.78 is 9.56. The smallest absolute Gasteiger partial charge is 0.335 e. The highest BCUT2D eigenvalue weighted by molar-refractivity contribution is 6.30. The summed E-state index contributed by atoms with van der Waals surface area (Å²) in [6.45, 7) is 0. The van der Waals surface area contributed by atoms with Gasteiger partial charge >= 0.3 is 11.9 Å². The van der Waals surface area contributed by atoms with Gasteiger partial charge in [-0.05, 0) is 17.7 Å². The molecular weight excluding hydrogens is 294 g/mol. The van der Waals surface area contributed by atoms with E-state index in [9.17, 15) is 9.59 Å². The highest BCUT2D eigenvalue weighted by Crippen LogP contribution is 2.35. The van der Waals surface area contributed by atoms with Crippen molar-refractivity contribution in [2.45, 2.75) is 5.92 Å². The Morgan fingerprint density at radius 3 is 2.38 bits per heavy atom. The second kappa shape index (κ2) is 6.54. The molecule has 0 fully saturated rings. The quantitative estimate of drug-likeness (QED) is 0.804. The lowest BCUT2D eigenvalue weighted by molar-refractivity contribution is -0.143. The van der Waals surface area contributed by atoms with Crippen molar-refractivity contribution in [1.29, 1.82) is 0 Å². The highest BCUT2D eigenvalue weighted by Gasteiger charge is 2.37. The largest absolute Gasteiger partial charge is 0.468 e. The van der Waals surface area contributed by atoms with E-state index >= 15 is 0 Å². The number of nitrogens with zero attached hydrogens (tertiary/aromatic N) is 1. The molecule has 110 valence electrons. The van der Waals surface area contributed by atoms with Crippen LogP contribution >= 0.6 is 11.6 Å². The molecule has 0 amide bonds. The minimum absolute atomic E-state index is 0.303. The second-order valence-corrected chi connectivity index (χ2v) is 4.89. The van der Waals surface area contributed by atoms with E-state index in [2.05, 4.69) is 4.99 Å². The fraction of sp³-hybridized carbons (Fsp3) is 0.267. The molecule has 2 atom stereocenters. The van der Waals surface area contributed by atoms with Gasteiger partial charge in [-0.2, -0.15) is 0 Å². The van der Waals surface area contributed by atoms with Crippen LogP contribution in [0.25, 0.3) is 0 Å². The number of halogens is 1. The van der Waals surface area contributed by atoms with Gasteiger partial charge < -0.3 is 9.47 Å². The zero-order valence-corrected chi connectivity index (χ0v) is 12.3. The van der Waals surface area contributed by atoms with Crippen LogP contribution in [-0.2, 0) is 19.1 Å². The van der Waals surface area contributed by atoms with Crippen LogP contribution in [0.4, 0.5) is 0 Å². The monoisotopic (exact) mass is 307 g/mol. The van der Waals surface area contributed by atoms with Crippen molar-refractivity contribution < 1.29 is 19.1 Å². The van der Waals surface area contributed by atoms with Gasteiger partial charge in [0.2, 0.25) is 0 Å². The molecular formula is C15H14ClNO4. The molecule has 0 radical (unpaired) electrons. The molecule has 1 unspecified atom stereocenters. The number of benzene rings is 1. The van der Waals surface area contributed by atoms with Gasteiger partial charge in [-0.25, -0.2) is 4.79 Å². The SMILES string of the molecule is COC(=O)C1=CN=CC(C(=O)OC)[C@H]1c1ccc(Cl)cc1. The Morgan fingerprint density at radius 2 is 1.81 bits per heavy atom. The first-order chi connectivity index (χ1) is 10.1. The van der Waals surface area contributed by atoms with Crippen LogP contribution < -0.4 is 0 Å². The zero-order chi connectivity index (χ0) is 15.4.